The average Bonchev–Trinajstić information content (AvgIpc) is 3.07. The Morgan fingerprint density at radius 1 is 1.20 bits per heavy atom. The number of nitrogens with two attached hydrogens (primary N) is 1. The van der Waals surface area contributed by atoms with Crippen LogP contribution in [-0.4, -0.2) is 14.5 Å². The van der Waals surface area contributed by atoms with Gasteiger partial charge in [0.1, 0.15) is 0 Å². The van der Waals surface area contributed by atoms with Crippen LogP contribution in [0.25, 0.3) is 22.5 Å². The Bertz CT molecular complexity index is 727. The highest BCUT2D eigenvalue weighted by Crippen LogP contribution is 2.27. The summed E-state index contributed by atoms with van der Waals surface area (Å²) in [5, 5.41) is 2.57. The van der Waals surface area contributed by atoms with Crippen LogP contribution in [0.3, 0.4) is 0 Å². The number of nitrogen functional groups attached to an aromatic ring is 1. The van der Waals surface area contributed by atoms with Crippen LogP contribution in [-0.2, 0) is 0 Å². The van der Waals surface area contributed by atoms with E-state index in [-0.39, 0.29) is 0 Å². The van der Waals surface area contributed by atoms with Gasteiger partial charge in [-0.15, -0.1) is 11.3 Å². The molecule has 0 radical (unpaired) electrons. The van der Waals surface area contributed by atoms with Crippen LogP contribution < -0.4 is 5.73 Å². The lowest BCUT2D eigenvalue weighted by Crippen LogP contribution is -1.95. The molecule has 0 fully saturated rings. The average molecular weight is 284 g/mol. The van der Waals surface area contributed by atoms with E-state index in [2.05, 4.69) is 46.7 Å². The second kappa shape index (κ2) is 5.09. The Hall–Kier alpha value is -2.14. The van der Waals surface area contributed by atoms with E-state index in [9.17, 15) is 0 Å². The molecular weight excluding hydrogens is 268 g/mol. The molecule has 3 rings (SSSR count). The third-order valence-corrected chi connectivity index (χ3v) is 3.85. The Morgan fingerprint density at radius 3 is 2.55 bits per heavy atom. The molecule has 0 amide bonds. The lowest BCUT2D eigenvalue weighted by Gasteiger charge is -2.04. The van der Waals surface area contributed by atoms with Gasteiger partial charge < -0.3 is 10.3 Å². The maximum Gasteiger partial charge on any atom is 0.180 e. The minimum Gasteiger partial charge on any atom is -0.375 e. The van der Waals surface area contributed by atoms with Crippen LogP contribution in [0.15, 0.2) is 42.2 Å². The SMILES string of the molecule is CC(C)n1cnc(-c2cccc(-c3csc(N)n3)c2)c1. The monoisotopic (exact) mass is 284 g/mol. The third-order valence-electron chi connectivity index (χ3n) is 3.17. The van der Waals surface area contributed by atoms with Crippen molar-refractivity contribution in [2.45, 2.75) is 19.9 Å². The molecule has 4 nitrogen and oxygen atoms in total. The molecule has 2 heterocycles. The van der Waals surface area contributed by atoms with Crippen molar-refractivity contribution >= 4 is 16.5 Å². The quantitative estimate of drug-likeness (QED) is 0.795. The molecule has 1 aromatic carbocycles. The standard InChI is InChI=1S/C15H16N4S/c1-10(2)19-7-13(17-9-19)11-4-3-5-12(6-11)14-8-20-15(16)18-14/h3-10H,1-2H3,(H2,16,18). The van der Waals surface area contributed by atoms with Crippen molar-refractivity contribution in [2.75, 3.05) is 5.73 Å². The van der Waals surface area contributed by atoms with Gasteiger partial charge >= 0.3 is 0 Å². The summed E-state index contributed by atoms with van der Waals surface area (Å²) in [7, 11) is 0. The molecule has 20 heavy (non-hydrogen) atoms. The van der Waals surface area contributed by atoms with Gasteiger partial charge in [-0.05, 0) is 19.9 Å². The summed E-state index contributed by atoms with van der Waals surface area (Å²) in [4.78, 5) is 8.79. The van der Waals surface area contributed by atoms with E-state index in [1.165, 1.54) is 11.3 Å². The van der Waals surface area contributed by atoms with Crippen LogP contribution in [0.4, 0.5) is 5.13 Å². The Balaban J connectivity index is 1.98. The number of nitrogens with zero attached hydrogens (tertiary/aromatic N) is 3. The van der Waals surface area contributed by atoms with Crippen molar-refractivity contribution in [3.05, 3.63) is 42.2 Å². The number of anilines is 1. The van der Waals surface area contributed by atoms with E-state index in [1.54, 1.807) is 0 Å². The van der Waals surface area contributed by atoms with Gasteiger partial charge in [-0.1, -0.05) is 18.2 Å². The predicted molar refractivity (Wildman–Crippen MR) is 83.6 cm³/mol. The molecule has 0 aliphatic carbocycles. The van der Waals surface area contributed by atoms with Crippen LogP contribution in [0.1, 0.15) is 19.9 Å². The summed E-state index contributed by atoms with van der Waals surface area (Å²) < 4.78 is 2.10. The van der Waals surface area contributed by atoms with Crippen molar-refractivity contribution in [3.63, 3.8) is 0 Å². The highest BCUT2D eigenvalue weighted by atomic mass is 32.1. The van der Waals surface area contributed by atoms with Gasteiger partial charge in [-0.3, -0.25) is 0 Å². The largest absolute Gasteiger partial charge is 0.375 e. The molecule has 3 aromatic rings. The first-order valence-electron chi connectivity index (χ1n) is 6.49. The second-order valence-corrected chi connectivity index (χ2v) is 5.84. The fourth-order valence-electron chi connectivity index (χ4n) is 2.03. The first-order valence-corrected chi connectivity index (χ1v) is 7.37. The zero-order valence-corrected chi connectivity index (χ0v) is 12.3. The molecule has 5 heteroatoms. The van der Waals surface area contributed by atoms with Crippen molar-refractivity contribution in [1.29, 1.82) is 0 Å². The predicted octanol–water partition coefficient (Wildman–Crippen LogP) is 3.84. The van der Waals surface area contributed by atoms with Crippen LogP contribution in [0.2, 0.25) is 0 Å². The van der Waals surface area contributed by atoms with Gasteiger partial charge in [0, 0.05) is 28.7 Å². The van der Waals surface area contributed by atoms with Crippen molar-refractivity contribution in [2.24, 2.45) is 0 Å². The number of aromatic nitrogens is 3. The molecule has 0 aliphatic heterocycles. The Labute approximate surface area is 121 Å². The van der Waals surface area contributed by atoms with E-state index in [0.717, 1.165) is 22.5 Å². The molecule has 2 N–H and O–H groups in total. The van der Waals surface area contributed by atoms with Crippen LogP contribution in [0, 0.1) is 0 Å². The molecule has 0 aliphatic rings. The van der Waals surface area contributed by atoms with Crippen molar-refractivity contribution in [1.82, 2.24) is 14.5 Å². The van der Waals surface area contributed by atoms with E-state index < -0.39 is 0 Å². The number of imidazole rings is 1. The molecule has 0 saturated heterocycles. The number of rotatable bonds is 3. The first kappa shape index (κ1) is 12.9. The molecule has 0 saturated carbocycles. The molecule has 0 unspecified atom stereocenters. The van der Waals surface area contributed by atoms with Gasteiger partial charge in [0.25, 0.3) is 0 Å². The smallest absolute Gasteiger partial charge is 0.180 e. The van der Waals surface area contributed by atoms with Gasteiger partial charge in [-0.25, -0.2) is 9.97 Å². The maximum absolute atomic E-state index is 5.69. The van der Waals surface area contributed by atoms with Gasteiger partial charge in [0.05, 0.1) is 17.7 Å². The second-order valence-electron chi connectivity index (χ2n) is 4.95. The number of hydrogen-bond donors (Lipinski definition) is 1. The summed E-state index contributed by atoms with van der Waals surface area (Å²) >= 11 is 1.46. The zero-order valence-electron chi connectivity index (χ0n) is 11.4. The van der Waals surface area contributed by atoms with Crippen molar-refractivity contribution in [3.8, 4) is 22.5 Å². The lowest BCUT2D eigenvalue weighted by atomic mass is 10.1. The van der Waals surface area contributed by atoms with E-state index >= 15 is 0 Å². The van der Waals surface area contributed by atoms with E-state index in [0.29, 0.717) is 11.2 Å². The fraction of sp³-hybridized carbons (Fsp3) is 0.200. The topological polar surface area (TPSA) is 56.7 Å². The Kier molecular flexibility index (Phi) is 3.28. The molecular formula is C15H16N4S. The molecule has 0 spiro atoms. The highest BCUT2D eigenvalue weighted by Gasteiger charge is 2.07. The summed E-state index contributed by atoms with van der Waals surface area (Å²) in [6.07, 6.45) is 3.94. The van der Waals surface area contributed by atoms with Gasteiger partial charge in [-0.2, -0.15) is 0 Å². The van der Waals surface area contributed by atoms with Crippen molar-refractivity contribution < 1.29 is 0 Å². The first-order chi connectivity index (χ1) is 9.63. The summed E-state index contributed by atoms with van der Waals surface area (Å²) in [6, 6.07) is 8.64. The summed E-state index contributed by atoms with van der Waals surface area (Å²) in [5.41, 5.74) is 9.74. The zero-order chi connectivity index (χ0) is 14.1. The van der Waals surface area contributed by atoms with Crippen LogP contribution in [0.5, 0.6) is 0 Å². The van der Waals surface area contributed by atoms with E-state index in [4.69, 9.17) is 5.73 Å². The normalized spacial score (nSPS) is 11.2. The number of thiazole rings is 1. The van der Waals surface area contributed by atoms with Gasteiger partial charge in [0.15, 0.2) is 5.13 Å². The molecule has 2 aromatic heterocycles. The van der Waals surface area contributed by atoms with Crippen LogP contribution >= 0.6 is 11.3 Å². The van der Waals surface area contributed by atoms with Gasteiger partial charge in [0.2, 0.25) is 0 Å². The lowest BCUT2D eigenvalue weighted by molar-refractivity contribution is 0.600. The minimum absolute atomic E-state index is 0.415. The number of hydrogen-bond acceptors (Lipinski definition) is 4. The number of benzene rings is 1. The summed E-state index contributed by atoms with van der Waals surface area (Å²) in [6.45, 7) is 4.28. The fourth-order valence-corrected chi connectivity index (χ4v) is 2.60. The maximum atomic E-state index is 5.69. The molecule has 0 bridgehead atoms. The molecule has 0 atom stereocenters. The molecule has 102 valence electrons. The Morgan fingerprint density at radius 2 is 1.95 bits per heavy atom. The summed E-state index contributed by atoms with van der Waals surface area (Å²) in [5.74, 6) is 0. The third kappa shape index (κ3) is 2.44. The van der Waals surface area contributed by atoms with E-state index in [1.807, 2.05) is 23.8 Å². The highest BCUT2D eigenvalue weighted by molar-refractivity contribution is 7.13. The minimum atomic E-state index is 0.415.